The number of anilines is 1. The molecular formula is C19H23ClN4O2S. The molecule has 27 heavy (non-hydrogen) atoms. The highest BCUT2D eigenvalue weighted by Crippen LogP contribution is 2.34. The van der Waals surface area contributed by atoms with E-state index in [0.29, 0.717) is 10.8 Å². The summed E-state index contributed by atoms with van der Waals surface area (Å²) in [6, 6.07) is 7.40. The Morgan fingerprint density at radius 2 is 2.00 bits per heavy atom. The molecule has 2 N–H and O–H groups in total. The Morgan fingerprint density at radius 3 is 2.78 bits per heavy atom. The highest BCUT2D eigenvalue weighted by atomic mass is 35.5. The summed E-state index contributed by atoms with van der Waals surface area (Å²) in [5, 5.41) is 5.97. The smallest absolute Gasteiger partial charge is 0.211 e. The molecule has 0 radical (unpaired) electrons. The summed E-state index contributed by atoms with van der Waals surface area (Å²) in [7, 11) is -3.54. The molecule has 2 aromatic rings. The van der Waals surface area contributed by atoms with Gasteiger partial charge in [0.1, 0.15) is 5.82 Å². The molecule has 4 rings (SSSR count). The van der Waals surface area contributed by atoms with E-state index in [1.807, 2.05) is 24.3 Å². The van der Waals surface area contributed by atoms with Crippen LogP contribution in [0.15, 0.2) is 24.3 Å². The SMILES string of the molecule is NS(=O)(=O)C[C@H]1CCCN1c1nc(-c2cccc(Cl)c2)nc2c1CCCC2. The molecular weight excluding hydrogens is 384 g/mol. The number of nitrogens with two attached hydrogens (primary N) is 1. The van der Waals surface area contributed by atoms with Crippen LogP contribution in [0.5, 0.6) is 0 Å². The maximum Gasteiger partial charge on any atom is 0.211 e. The fourth-order valence-corrected chi connectivity index (χ4v) is 5.20. The van der Waals surface area contributed by atoms with E-state index in [0.717, 1.165) is 67.7 Å². The van der Waals surface area contributed by atoms with Crippen LogP contribution in [0.2, 0.25) is 5.02 Å². The first-order valence-electron chi connectivity index (χ1n) is 9.33. The van der Waals surface area contributed by atoms with Crippen molar-refractivity contribution in [3.63, 3.8) is 0 Å². The summed E-state index contributed by atoms with van der Waals surface area (Å²) in [5.41, 5.74) is 3.11. The number of fused-ring (bicyclic) bond motifs is 1. The van der Waals surface area contributed by atoms with Gasteiger partial charge in [-0.25, -0.2) is 23.5 Å². The van der Waals surface area contributed by atoms with Crippen LogP contribution in [0.4, 0.5) is 5.82 Å². The van der Waals surface area contributed by atoms with E-state index in [9.17, 15) is 8.42 Å². The van der Waals surface area contributed by atoms with E-state index in [2.05, 4.69) is 4.90 Å². The Hall–Kier alpha value is -1.70. The van der Waals surface area contributed by atoms with Crippen LogP contribution in [0.25, 0.3) is 11.4 Å². The third kappa shape index (κ3) is 4.10. The molecule has 0 bridgehead atoms. The van der Waals surface area contributed by atoms with Crippen molar-refractivity contribution in [2.24, 2.45) is 5.14 Å². The van der Waals surface area contributed by atoms with Gasteiger partial charge in [0.05, 0.1) is 5.75 Å². The number of hydrogen-bond donors (Lipinski definition) is 1. The van der Waals surface area contributed by atoms with E-state index >= 15 is 0 Å². The fourth-order valence-electron chi connectivity index (χ4n) is 4.12. The fraction of sp³-hybridized carbons (Fsp3) is 0.474. The van der Waals surface area contributed by atoms with Crippen molar-refractivity contribution >= 4 is 27.4 Å². The molecule has 0 saturated carbocycles. The standard InChI is InChI=1S/C19H23ClN4O2S/c20-14-6-3-5-13(11-14)18-22-17-9-2-1-8-16(17)19(23-18)24-10-4-7-15(24)12-27(21,25)26/h3,5-6,11,15H,1-2,4,7-10,12H2,(H2,21,25,26)/t15-/m1/s1. The average Bonchev–Trinajstić information content (AvgIpc) is 3.06. The number of aryl methyl sites for hydroxylation is 1. The molecule has 1 atom stereocenters. The Labute approximate surface area is 164 Å². The van der Waals surface area contributed by atoms with Gasteiger partial charge in [-0.15, -0.1) is 0 Å². The Balaban J connectivity index is 1.80. The third-order valence-corrected chi connectivity index (χ3v) is 6.40. The summed E-state index contributed by atoms with van der Waals surface area (Å²) >= 11 is 6.15. The number of hydrogen-bond acceptors (Lipinski definition) is 5. The molecule has 2 heterocycles. The van der Waals surface area contributed by atoms with E-state index < -0.39 is 10.0 Å². The van der Waals surface area contributed by atoms with Crippen LogP contribution in [-0.4, -0.2) is 36.7 Å². The zero-order valence-electron chi connectivity index (χ0n) is 15.1. The monoisotopic (exact) mass is 406 g/mol. The molecule has 6 nitrogen and oxygen atoms in total. The molecule has 2 aliphatic rings. The van der Waals surface area contributed by atoms with Gasteiger partial charge in [-0.1, -0.05) is 23.7 Å². The summed E-state index contributed by atoms with van der Waals surface area (Å²) in [4.78, 5) is 11.8. The largest absolute Gasteiger partial charge is 0.352 e. The maximum absolute atomic E-state index is 11.7. The van der Waals surface area contributed by atoms with Crippen LogP contribution >= 0.6 is 11.6 Å². The van der Waals surface area contributed by atoms with Gasteiger partial charge >= 0.3 is 0 Å². The second kappa shape index (κ2) is 7.37. The normalized spacial score (nSPS) is 19.9. The van der Waals surface area contributed by atoms with E-state index in [1.54, 1.807) is 0 Å². The number of rotatable bonds is 4. The van der Waals surface area contributed by atoms with Gasteiger partial charge in [0.15, 0.2) is 5.82 Å². The van der Waals surface area contributed by atoms with Gasteiger partial charge in [-0.05, 0) is 50.7 Å². The van der Waals surface area contributed by atoms with Gasteiger partial charge in [-0.3, -0.25) is 0 Å². The topological polar surface area (TPSA) is 89.2 Å². The second-order valence-corrected chi connectivity index (χ2v) is 9.43. The van der Waals surface area contributed by atoms with Crippen LogP contribution < -0.4 is 10.0 Å². The molecule has 1 fully saturated rings. The minimum Gasteiger partial charge on any atom is -0.352 e. The number of benzene rings is 1. The molecule has 1 aliphatic heterocycles. The highest BCUT2D eigenvalue weighted by molar-refractivity contribution is 7.89. The first-order chi connectivity index (χ1) is 12.9. The molecule has 0 unspecified atom stereocenters. The quantitative estimate of drug-likeness (QED) is 0.843. The average molecular weight is 407 g/mol. The Morgan fingerprint density at radius 1 is 1.19 bits per heavy atom. The maximum atomic E-state index is 11.7. The third-order valence-electron chi connectivity index (χ3n) is 5.32. The molecule has 1 aromatic heterocycles. The predicted octanol–water partition coefficient (Wildman–Crippen LogP) is 2.93. The first kappa shape index (κ1) is 18.7. The zero-order valence-corrected chi connectivity index (χ0v) is 16.6. The van der Waals surface area contributed by atoms with Crippen LogP contribution in [0, 0.1) is 0 Å². The van der Waals surface area contributed by atoms with Gasteiger partial charge in [0.25, 0.3) is 0 Å². The number of nitrogens with zero attached hydrogens (tertiary/aromatic N) is 3. The minimum atomic E-state index is -3.54. The molecule has 1 aromatic carbocycles. The zero-order chi connectivity index (χ0) is 19.0. The van der Waals surface area contributed by atoms with Crippen molar-refractivity contribution < 1.29 is 8.42 Å². The molecule has 0 spiro atoms. The lowest BCUT2D eigenvalue weighted by Gasteiger charge is -2.30. The van der Waals surface area contributed by atoms with Crippen molar-refractivity contribution in [2.75, 3.05) is 17.2 Å². The van der Waals surface area contributed by atoms with Crippen LogP contribution in [-0.2, 0) is 22.9 Å². The molecule has 8 heteroatoms. The molecule has 144 valence electrons. The van der Waals surface area contributed by atoms with Gasteiger partial charge < -0.3 is 4.90 Å². The molecule has 1 aliphatic carbocycles. The number of sulfonamides is 1. The Bertz CT molecular complexity index is 964. The summed E-state index contributed by atoms with van der Waals surface area (Å²) in [5.74, 6) is 1.48. The first-order valence-corrected chi connectivity index (χ1v) is 11.4. The van der Waals surface area contributed by atoms with Crippen molar-refractivity contribution in [1.29, 1.82) is 0 Å². The lowest BCUT2D eigenvalue weighted by Crippen LogP contribution is -2.38. The lowest BCUT2D eigenvalue weighted by molar-refractivity contribution is 0.586. The Kier molecular flexibility index (Phi) is 5.09. The van der Waals surface area contributed by atoms with Crippen molar-refractivity contribution in [2.45, 2.75) is 44.6 Å². The van der Waals surface area contributed by atoms with Gasteiger partial charge in [0.2, 0.25) is 10.0 Å². The van der Waals surface area contributed by atoms with Gasteiger partial charge in [-0.2, -0.15) is 0 Å². The molecule has 0 amide bonds. The number of primary sulfonamides is 1. The second-order valence-electron chi connectivity index (χ2n) is 7.33. The predicted molar refractivity (Wildman–Crippen MR) is 107 cm³/mol. The van der Waals surface area contributed by atoms with Crippen molar-refractivity contribution in [3.8, 4) is 11.4 Å². The lowest BCUT2D eigenvalue weighted by atomic mass is 9.95. The van der Waals surface area contributed by atoms with Crippen LogP contribution in [0.1, 0.15) is 36.9 Å². The molecule has 1 saturated heterocycles. The van der Waals surface area contributed by atoms with E-state index in [4.69, 9.17) is 26.7 Å². The minimum absolute atomic E-state index is 0.0434. The summed E-state index contributed by atoms with van der Waals surface area (Å²) < 4.78 is 23.4. The number of aromatic nitrogens is 2. The summed E-state index contributed by atoms with van der Waals surface area (Å²) in [6.45, 7) is 0.790. The van der Waals surface area contributed by atoms with E-state index in [1.165, 1.54) is 0 Å². The number of halogens is 1. The van der Waals surface area contributed by atoms with Crippen molar-refractivity contribution in [3.05, 3.63) is 40.5 Å². The van der Waals surface area contributed by atoms with E-state index in [-0.39, 0.29) is 11.8 Å². The summed E-state index contributed by atoms with van der Waals surface area (Å²) in [6.07, 6.45) is 5.81. The van der Waals surface area contributed by atoms with Crippen molar-refractivity contribution in [1.82, 2.24) is 9.97 Å². The van der Waals surface area contributed by atoms with Crippen LogP contribution in [0.3, 0.4) is 0 Å². The van der Waals surface area contributed by atoms with Gasteiger partial charge in [0, 0.05) is 34.4 Å². The highest BCUT2D eigenvalue weighted by Gasteiger charge is 2.32.